The summed E-state index contributed by atoms with van der Waals surface area (Å²) in [6.45, 7) is 3.88. The van der Waals surface area contributed by atoms with Crippen LogP contribution in [-0.2, 0) is 9.59 Å². The zero-order chi connectivity index (χ0) is 19.7. The molecule has 1 aliphatic rings. The van der Waals surface area contributed by atoms with Crippen LogP contribution in [0.1, 0.15) is 16.7 Å². The minimum absolute atomic E-state index is 0.0153. The number of carbonyl (C=O) groups is 2. The summed E-state index contributed by atoms with van der Waals surface area (Å²) in [7, 11) is 1.57. The van der Waals surface area contributed by atoms with E-state index in [-0.39, 0.29) is 10.7 Å². The van der Waals surface area contributed by atoms with Crippen LogP contribution in [0.3, 0.4) is 0 Å². The molecule has 1 heterocycles. The summed E-state index contributed by atoms with van der Waals surface area (Å²) < 4.78 is 5.93. The number of rotatable bonds is 3. The van der Waals surface area contributed by atoms with E-state index in [1.54, 1.807) is 31.4 Å². The van der Waals surface area contributed by atoms with E-state index in [4.69, 9.17) is 17.0 Å². The fraction of sp³-hybridized carbons (Fsp3) is 0.150. The van der Waals surface area contributed by atoms with Crippen molar-refractivity contribution in [2.75, 3.05) is 12.0 Å². The van der Waals surface area contributed by atoms with Crippen molar-refractivity contribution in [2.45, 2.75) is 13.8 Å². The number of amides is 2. The van der Waals surface area contributed by atoms with E-state index in [0.29, 0.717) is 17.0 Å². The van der Waals surface area contributed by atoms with Gasteiger partial charge in [-0.05, 0) is 83.0 Å². The van der Waals surface area contributed by atoms with Crippen LogP contribution in [0.15, 0.2) is 46.4 Å². The van der Waals surface area contributed by atoms with Gasteiger partial charge in [0, 0.05) is 0 Å². The van der Waals surface area contributed by atoms with Gasteiger partial charge in [0.25, 0.3) is 11.8 Å². The molecule has 0 aliphatic carbocycles. The normalized spacial score (nSPS) is 15.9. The SMILES string of the molecule is COc1ccc(/C=C2/C(=O)NC(=S)N(c3cccc(C)c3C)C2=O)cc1Br. The van der Waals surface area contributed by atoms with Crippen LogP contribution in [0.25, 0.3) is 6.08 Å². The number of carbonyl (C=O) groups excluding carboxylic acids is 2. The van der Waals surface area contributed by atoms with Gasteiger partial charge in [-0.3, -0.25) is 19.8 Å². The van der Waals surface area contributed by atoms with Gasteiger partial charge in [0.15, 0.2) is 5.11 Å². The van der Waals surface area contributed by atoms with Crippen LogP contribution < -0.4 is 15.0 Å². The van der Waals surface area contributed by atoms with E-state index in [9.17, 15) is 9.59 Å². The number of ether oxygens (including phenoxy) is 1. The number of halogens is 1. The molecule has 1 fully saturated rings. The highest BCUT2D eigenvalue weighted by Crippen LogP contribution is 2.29. The first-order valence-electron chi connectivity index (χ1n) is 8.14. The third-order valence-electron chi connectivity index (χ3n) is 4.41. The number of methoxy groups -OCH3 is 1. The van der Waals surface area contributed by atoms with E-state index < -0.39 is 11.8 Å². The Morgan fingerprint density at radius 2 is 1.93 bits per heavy atom. The van der Waals surface area contributed by atoms with Crippen molar-refractivity contribution in [1.29, 1.82) is 0 Å². The van der Waals surface area contributed by atoms with Crippen LogP contribution >= 0.6 is 28.1 Å². The average Bonchev–Trinajstić information content (AvgIpc) is 2.62. The van der Waals surface area contributed by atoms with Crippen LogP contribution in [-0.4, -0.2) is 24.0 Å². The molecule has 2 aromatic rings. The molecular weight excluding hydrogens is 428 g/mol. The topological polar surface area (TPSA) is 58.6 Å². The summed E-state index contributed by atoms with van der Waals surface area (Å²) in [5, 5.41) is 2.68. The number of hydrogen-bond acceptors (Lipinski definition) is 4. The molecule has 0 unspecified atom stereocenters. The van der Waals surface area contributed by atoms with Gasteiger partial charge in [-0.2, -0.15) is 0 Å². The molecule has 3 rings (SSSR count). The second-order valence-corrected chi connectivity index (χ2v) is 7.31. The smallest absolute Gasteiger partial charge is 0.270 e. The summed E-state index contributed by atoms with van der Waals surface area (Å²) in [5.74, 6) is -0.308. The fourth-order valence-corrected chi connectivity index (χ4v) is 3.63. The number of thiocarbonyl (C=S) groups is 1. The lowest BCUT2D eigenvalue weighted by atomic mass is 10.0. The van der Waals surface area contributed by atoms with Gasteiger partial charge in [0.2, 0.25) is 0 Å². The highest BCUT2D eigenvalue weighted by molar-refractivity contribution is 9.10. The Morgan fingerprint density at radius 1 is 1.19 bits per heavy atom. The van der Waals surface area contributed by atoms with Gasteiger partial charge >= 0.3 is 0 Å². The minimum atomic E-state index is -0.515. The summed E-state index contributed by atoms with van der Waals surface area (Å²) >= 11 is 8.67. The molecule has 5 nitrogen and oxygen atoms in total. The Labute approximate surface area is 171 Å². The van der Waals surface area contributed by atoms with Gasteiger partial charge in [-0.25, -0.2) is 0 Å². The van der Waals surface area contributed by atoms with Crippen molar-refractivity contribution in [3.63, 3.8) is 0 Å². The largest absolute Gasteiger partial charge is 0.496 e. The second-order valence-electron chi connectivity index (χ2n) is 6.07. The average molecular weight is 445 g/mol. The maximum atomic E-state index is 13.1. The maximum absolute atomic E-state index is 13.1. The fourth-order valence-electron chi connectivity index (χ4n) is 2.79. The lowest BCUT2D eigenvalue weighted by molar-refractivity contribution is -0.122. The van der Waals surface area contributed by atoms with E-state index in [1.165, 1.54) is 4.90 Å². The Hall–Kier alpha value is -2.51. The molecule has 0 atom stereocenters. The predicted molar refractivity (Wildman–Crippen MR) is 113 cm³/mol. The number of anilines is 1. The molecule has 0 saturated carbocycles. The highest BCUT2D eigenvalue weighted by atomic mass is 79.9. The van der Waals surface area contributed by atoms with Crippen molar-refractivity contribution in [3.8, 4) is 5.75 Å². The highest BCUT2D eigenvalue weighted by Gasteiger charge is 2.35. The summed E-state index contributed by atoms with van der Waals surface area (Å²) in [5.41, 5.74) is 3.32. The summed E-state index contributed by atoms with van der Waals surface area (Å²) in [6.07, 6.45) is 1.54. The van der Waals surface area contributed by atoms with Crippen LogP contribution in [0, 0.1) is 13.8 Å². The Balaban J connectivity index is 2.05. The molecule has 1 saturated heterocycles. The molecule has 1 N–H and O–H groups in total. The summed E-state index contributed by atoms with van der Waals surface area (Å²) in [6, 6.07) is 10.9. The Morgan fingerprint density at radius 3 is 2.59 bits per heavy atom. The van der Waals surface area contributed by atoms with E-state index >= 15 is 0 Å². The standard InChI is InChI=1S/C20H17BrN2O3S/c1-11-5-4-6-16(12(11)2)23-19(25)14(18(24)22-20(23)27)9-13-7-8-17(26-3)15(21)10-13/h4-10H,1-3H3,(H,22,24,27)/b14-9-. The molecular formula is C20H17BrN2O3S. The van der Waals surface area contributed by atoms with Crippen molar-refractivity contribution in [3.05, 3.63) is 63.1 Å². The van der Waals surface area contributed by atoms with Gasteiger partial charge in [0.1, 0.15) is 11.3 Å². The third-order valence-corrected chi connectivity index (χ3v) is 5.31. The molecule has 1 aliphatic heterocycles. The quantitative estimate of drug-likeness (QED) is 0.442. The Bertz CT molecular complexity index is 1000. The van der Waals surface area contributed by atoms with Crippen molar-refractivity contribution in [2.24, 2.45) is 0 Å². The molecule has 0 aromatic heterocycles. The number of nitrogens with one attached hydrogen (secondary N) is 1. The second kappa shape index (κ2) is 7.62. The first-order valence-corrected chi connectivity index (χ1v) is 9.35. The van der Waals surface area contributed by atoms with Crippen molar-refractivity contribution >= 4 is 56.8 Å². The number of aryl methyl sites for hydroxylation is 1. The molecule has 0 bridgehead atoms. The molecule has 0 radical (unpaired) electrons. The van der Waals surface area contributed by atoms with Crippen molar-refractivity contribution < 1.29 is 14.3 Å². The van der Waals surface area contributed by atoms with Gasteiger partial charge in [-0.1, -0.05) is 18.2 Å². The molecule has 7 heteroatoms. The molecule has 27 heavy (non-hydrogen) atoms. The lowest BCUT2D eigenvalue weighted by Crippen LogP contribution is -2.54. The van der Waals surface area contributed by atoms with E-state index in [1.807, 2.05) is 32.0 Å². The van der Waals surface area contributed by atoms with Crippen LogP contribution in [0.4, 0.5) is 5.69 Å². The number of benzene rings is 2. The predicted octanol–water partition coefficient (Wildman–Crippen LogP) is 3.91. The first-order chi connectivity index (χ1) is 12.8. The maximum Gasteiger partial charge on any atom is 0.270 e. The monoisotopic (exact) mass is 444 g/mol. The zero-order valence-electron chi connectivity index (χ0n) is 15.0. The molecule has 0 spiro atoms. The zero-order valence-corrected chi connectivity index (χ0v) is 17.4. The van der Waals surface area contributed by atoms with E-state index in [0.717, 1.165) is 15.6 Å². The van der Waals surface area contributed by atoms with Gasteiger partial charge < -0.3 is 4.74 Å². The number of nitrogens with zero attached hydrogens (tertiary/aromatic N) is 1. The lowest BCUT2D eigenvalue weighted by Gasteiger charge is -2.30. The van der Waals surface area contributed by atoms with Crippen molar-refractivity contribution in [1.82, 2.24) is 5.32 Å². The molecule has 138 valence electrons. The summed E-state index contributed by atoms with van der Waals surface area (Å²) in [4.78, 5) is 26.9. The Kier molecular flexibility index (Phi) is 5.43. The first kappa shape index (κ1) is 19.3. The molecule has 2 aromatic carbocycles. The van der Waals surface area contributed by atoms with Gasteiger partial charge in [-0.15, -0.1) is 0 Å². The number of hydrogen-bond donors (Lipinski definition) is 1. The van der Waals surface area contributed by atoms with E-state index in [2.05, 4.69) is 21.2 Å². The van der Waals surface area contributed by atoms with Crippen LogP contribution in [0.5, 0.6) is 5.75 Å². The minimum Gasteiger partial charge on any atom is -0.496 e. The van der Waals surface area contributed by atoms with Gasteiger partial charge in [0.05, 0.1) is 17.3 Å². The van der Waals surface area contributed by atoms with Crippen LogP contribution in [0.2, 0.25) is 0 Å². The third kappa shape index (κ3) is 3.65. The molecule has 2 amide bonds.